The van der Waals surface area contributed by atoms with Crippen LogP contribution in [0.5, 0.6) is 0 Å². The van der Waals surface area contributed by atoms with Gasteiger partial charge in [-0.15, -0.1) is 0 Å². The van der Waals surface area contributed by atoms with E-state index in [1.54, 1.807) is 6.07 Å². The summed E-state index contributed by atoms with van der Waals surface area (Å²) >= 11 is 3.20. The average molecular weight is 396 g/mol. The summed E-state index contributed by atoms with van der Waals surface area (Å²) in [5.41, 5.74) is 0.218. The Bertz CT molecular complexity index is 725. The van der Waals surface area contributed by atoms with Gasteiger partial charge in [0, 0.05) is 4.47 Å². The van der Waals surface area contributed by atoms with E-state index in [4.69, 9.17) is 0 Å². The normalized spacial score (nSPS) is 22.4. The van der Waals surface area contributed by atoms with E-state index in [2.05, 4.69) is 15.9 Å². The third-order valence-corrected chi connectivity index (χ3v) is 5.39. The van der Waals surface area contributed by atoms with E-state index in [-0.39, 0.29) is 23.0 Å². The zero-order chi connectivity index (χ0) is 17.4. The van der Waals surface area contributed by atoms with Crippen LogP contribution in [-0.2, 0) is 9.59 Å². The second kappa shape index (κ2) is 6.67. The molecule has 24 heavy (non-hydrogen) atoms. The molecule has 0 spiro atoms. The molecule has 1 fully saturated rings. The number of carbonyl (C=O) groups excluding carboxylic acids is 2. The fourth-order valence-electron chi connectivity index (χ4n) is 3.83. The summed E-state index contributed by atoms with van der Waals surface area (Å²) in [5.74, 6) is -2.08. The molecule has 4 nitrogen and oxygen atoms in total. The van der Waals surface area contributed by atoms with Crippen LogP contribution in [0, 0.1) is 11.7 Å². The maximum atomic E-state index is 14.5. The lowest BCUT2D eigenvalue weighted by molar-refractivity contribution is -0.117. The zero-order valence-electron chi connectivity index (χ0n) is 13.4. The Morgan fingerprint density at radius 1 is 1.29 bits per heavy atom. The molecule has 1 amide bonds. The number of benzene rings is 1. The number of halogens is 2. The molecule has 3 rings (SSSR count). The monoisotopic (exact) mass is 395 g/mol. The number of anilines is 1. The van der Waals surface area contributed by atoms with Crippen molar-refractivity contribution in [2.45, 2.75) is 45.1 Å². The average Bonchev–Trinajstić information content (AvgIpc) is 2.81. The molecular formula is C18H19BrFNO3. The molecule has 1 aromatic carbocycles. The van der Waals surface area contributed by atoms with Crippen molar-refractivity contribution in [2.75, 3.05) is 4.90 Å². The lowest BCUT2D eigenvalue weighted by atomic mass is 9.80. The predicted octanol–water partition coefficient (Wildman–Crippen LogP) is 4.28. The highest BCUT2D eigenvalue weighted by molar-refractivity contribution is 9.10. The largest absolute Gasteiger partial charge is 0.503 e. The van der Waals surface area contributed by atoms with Crippen LogP contribution in [0.2, 0.25) is 0 Å². The van der Waals surface area contributed by atoms with Gasteiger partial charge < -0.3 is 5.11 Å². The van der Waals surface area contributed by atoms with Gasteiger partial charge in [0.05, 0.1) is 17.3 Å². The predicted molar refractivity (Wildman–Crippen MR) is 92.3 cm³/mol. The highest BCUT2D eigenvalue weighted by atomic mass is 79.9. The summed E-state index contributed by atoms with van der Waals surface area (Å²) in [4.78, 5) is 25.9. The van der Waals surface area contributed by atoms with Crippen LogP contribution in [0.4, 0.5) is 10.1 Å². The van der Waals surface area contributed by atoms with Crippen LogP contribution < -0.4 is 4.90 Å². The lowest BCUT2D eigenvalue weighted by Crippen LogP contribution is -2.43. The quantitative estimate of drug-likeness (QED) is 0.830. The van der Waals surface area contributed by atoms with Crippen molar-refractivity contribution in [1.82, 2.24) is 0 Å². The number of rotatable bonds is 3. The van der Waals surface area contributed by atoms with Crippen LogP contribution in [0.3, 0.4) is 0 Å². The second-order valence-electron chi connectivity index (χ2n) is 6.43. The highest BCUT2D eigenvalue weighted by Crippen LogP contribution is 2.41. The molecule has 1 aromatic rings. The van der Waals surface area contributed by atoms with Crippen molar-refractivity contribution < 1.29 is 19.1 Å². The summed E-state index contributed by atoms with van der Waals surface area (Å²) in [7, 11) is 0. The molecule has 1 aliphatic carbocycles. The van der Waals surface area contributed by atoms with Gasteiger partial charge in [0.15, 0.2) is 11.5 Å². The third-order valence-electron chi connectivity index (χ3n) is 4.90. The number of Topliss-reactive ketones (excluding diaryl/α,β-unsaturated/α-hetero) is 1. The first kappa shape index (κ1) is 17.1. The van der Waals surface area contributed by atoms with Crippen molar-refractivity contribution >= 4 is 33.3 Å². The topological polar surface area (TPSA) is 57.6 Å². The molecule has 128 valence electrons. The van der Waals surface area contributed by atoms with Crippen molar-refractivity contribution in [1.29, 1.82) is 0 Å². The fraction of sp³-hybridized carbons (Fsp3) is 0.444. The van der Waals surface area contributed by atoms with Crippen LogP contribution >= 0.6 is 15.9 Å². The molecule has 0 bridgehead atoms. The Kier molecular flexibility index (Phi) is 4.76. The third kappa shape index (κ3) is 2.88. The van der Waals surface area contributed by atoms with Crippen molar-refractivity contribution in [3.8, 4) is 0 Å². The molecule has 0 radical (unpaired) electrons. The van der Waals surface area contributed by atoms with Gasteiger partial charge in [-0.1, -0.05) is 35.2 Å². The first-order valence-corrected chi connectivity index (χ1v) is 8.93. The van der Waals surface area contributed by atoms with Gasteiger partial charge in [0.2, 0.25) is 0 Å². The van der Waals surface area contributed by atoms with Crippen molar-refractivity contribution in [3.05, 3.63) is 39.8 Å². The number of amides is 1. The Morgan fingerprint density at radius 2 is 1.96 bits per heavy atom. The first-order chi connectivity index (χ1) is 11.4. The second-order valence-corrected chi connectivity index (χ2v) is 7.35. The summed E-state index contributed by atoms with van der Waals surface area (Å²) in [6.07, 6.45) is 4.86. The van der Waals surface area contributed by atoms with Crippen LogP contribution in [0.1, 0.15) is 39.0 Å². The smallest absolute Gasteiger partial charge is 0.294 e. The summed E-state index contributed by atoms with van der Waals surface area (Å²) < 4.78 is 15.0. The molecule has 6 heteroatoms. The van der Waals surface area contributed by atoms with E-state index in [0.29, 0.717) is 4.47 Å². The van der Waals surface area contributed by atoms with Gasteiger partial charge in [0.1, 0.15) is 5.82 Å². The van der Waals surface area contributed by atoms with Gasteiger partial charge in [-0.25, -0.2) is 4.39 Å². The Balaban J connectivity index is 2.09. The number of hydrogen-bond acceptors (Lipinski definition) is 3. The SMILES string of the molecule is CC(=O)C1=C(O)C(=O)N(c2ccc(Br)cc2F)C1C1CCCCC1. The molecule has 0 saturated heterocycles. The minimum atomic E-state index is -0.697. The maximum absolute atomic E-state index is 14.5. The number of hydrogen-bond donors (Lipinski definition) is 1. The van der Waals surface area contributed by atoms with Crippen molar-refractivity contribution in [3.63, 3.8) is 0 Å². The standard InChI is InChI=1S/C18H19BrFNO3/c1-10(22)15-16(11-5-3-2-4-6-11)21(18(24)17(15)23)14-8-7-12(19)9-13(14)20/h7-9,11,16,23H,2-6H2,1H3. The molecule has 2 aliphatic rings. The summed E-state index contributed by atoms with van der Waals surface area (Å²) in [6.45, 7) is 1.34. The van der Waals surface area contributed by atoms with Gasteiger partial charge in [-0.2, -0.15) is 0 Å². The molecule has 1 saturated carbocycles. The van der Waals surface area contributed by atoms with Crippen LogP contribution in [0.15, 0.2) is 34.0 Å². The Labute approximate surface area is 148 Å². The van der Waals surface area contributed by atoms with Gasteiger partial charge in [-0.3, -0.25) is 14.5 Å². The zero-order valence-corrected chi connectivity index (χ0v) is 15.0. The first-order valence-electron chi connectivity index (χ1n) is 8.14. The molecule has 1 heterocycles. The minimum Gasteiger partial charge on any atom is -0.503 e. The number of ketones is 1. The number of carbonyl (C=O) groups is 2. The molecule has 1 atom stereocenters. The van der Waals surface area contributed by atoms with E-state index in [1.807, 2.05) is 0 Å². The number of aliphatic hydroxyl groups is 1. The van der Waals surface area contributed by atoms with Gasteiger partial charge >= 0.3 is 0 Å². The minimum absolute atomic E-state index is 0.0503. The number of nitrogens with zero attached hydrogens (tertiary/aromatic N) is 1. The Hall–Kier alpha value is -1.69. The number of aliphatic hydroxyl groups excluding tert-OH is 1. The van der Waals surface area contributed by atoms with Gasteiger partial charge in [-0.05, 0) is 43.9 Å². The van der Waals surface area contributed by atoms with Gasteiger partial charge in [0.25, 0.3) is 5.91 Å². The molecule has 0 aromatic heterocycles. The molecule has 1 N–H and O–H groups in total. The van der Waals surface area contributed by atoms with E-state index < -0.39 is 23.5 Å². The van der Waals surface area contributed by atoms with E-state index in [0.717, 1.165) is 32.1 Å². The summed E-state index contributed by atoms with van der Waals surface area (Å²) in [5, 5.41) is 10.2. The Morgan fingerprint density at radius 3 is 2.54 bits per heavy atom. The van der Waals surface area contributed by atoms with E-state index >= 15 is 0 Å². The molecule has 1 unspecified atom stereocenters. The van der Waals surface area contributed by atoms with Crippen molar-refractivity contribution in [2.24, 2.45) is 5.92 Å². The van der Waals surface area contributed by atoms with Crippen LogP contribution in [0.25, 0.3) is 0 Å². The van der Waals surface area contributed by atoms with E-state index in [9.17, 15) is 19.1 Å². The van der Waals surface area contributed by atoms with E-state index in [1.165, 1.54) is 24.0 Å². The summed E-state index contributed by atoms with van der Waals surface area (Å²) in [6, 6.07) is 3.84. The molecule has 1 aliphatic heterocycles. The fourth-order valence-corrected chi connectivity index (χ4v) is 4.17. The highest BCUT2D eigenvalue weighted by Gasteiger charge is 2.46. The van der Waals surface area contributed by atoms with Crippen LogP contribution in [-0.4, -0.2) is 22.8 Å². The lowest BCUT2D eigenvalue weighted by Gasteiger charge is -2.35. The molecular weight excluding hydrogens is 377 g/mol. The maximum Gasteiger partial charge on any atom is 0.294 e.